The monoisotopic (exact) mass is 652 g/mol. The Hall–Kier alpha value is -1.24. The van der Waals surface area contributed by atoms with Crippen molar-refractivity contribution in [2.75, 3.05) is 12.5 Å². The van der Waals surface area contributed by atoms with E-state index in [9.17, 15) is 10.2 Å². The number of rotatable bonds is 6. The van der Waals surface area contributed by atoms with Gasteiger partial charge in [0.2, 0.25) is 0 Å². The van der Waals surface area contributed by atoms with Gasteiger partial charge >= 0.3 is 0 Å². The number of hydrogen-bond acceptors (Lipinski definition) is 10. The molecule has 2 aliphatic heterocycles. The smallest absolute Gasteiger partial charge is 0.124 e. The van der Waals surface area contributed by atoms with Crippen molar-refractivity contribution < 1.29 is 10.2 Å². The highest BCUT2D eigenvalue weighted by Gasteiger charge is 2.29. The first kappa shape index (κ1) is 28.3. The molecule has 0 aromatic heterocycles. The maximum atomic E-state index is 10.2. The molecule has 0 saturated heterocycles. The predicted octanol–water partition coefficient (Wildman–Crippen LogP) is 10.6. The Bertz CT molecular complexity index is 1440. The lowest BCUT2D eigenvalue weighted by molar-refractivity contribution is 0.474. The Labute approximate surface area is 256 Å². The summed E-state index contributed by atoms with van der Waals surface area (Å²) in [4.78, 5) is 11.5. The molecule has 38 heavy (non-hydrogen) atoms. The number of phenols is 2. The lowest BCUT2D eigenvalue weighted by atomic mass is 10.2. The number of halogens is 2. The van der Waals surface area contributed by atoms with E-state index in [0.717, 1.165) is 9.79 Å². The number of nitrogens with zero attached hydrogens (tertiary/aromatic N) is 2. The SMILES string of the molecule is CSC1=C(SC)SC(=C2Sc3cc(N=Cc4cc(Cl)ccc4O)c(N=Cc4cc(Cl)ccc4O)cc3S2)S1. The highest BCUT2D eigenvalue weighted by Crippen LogP contribution is 2.64. The molecule has 0 atom stereocenters. The summed E-state index contributed by atoms with van der Waals surface area (Å²) in [6, 6.07) is 13.6. The van der Waals surface area contributed by atoms with Crippen LogP contribution in [0.2, 0.25) is 10.0 Å². The van der Waals surface area contributed by atoms with Crippen molar-refractivity contribution in [3.8, 4) is 11.5 Å². The summed E-state index contributed by atoms with van der Waals surface area (Å²) in [5.41, 5.74) is 2.26. The molecule has 0 bridgehead atoms. The van der Waals surface area contributed by atoms with Gasteiger partial charge in [0.1, 0.15) is 11.5 Å². The van der Waals surface area contributed by atoms with E-state index in [4.69, 9.17) is 23.2 Å². The molecule has 0 unspecified atom stereocenters. The van der Waals surface area contributed by atoms with Crippen molar-refractivity contribution in [1.29, 1.82) is 0 Å². The summed E-state index contributed by atoms with van der Waals surface area (Å²) in [5, 5.41) is 21.5. The first-order chi connectivity index (χ1) is 18.3. The summed E-state index contributed by atoms with van der Waals surface area (Å²) in [7, 11) is 0. The Balaban J connectivity index is 1.52. The number of thioether (sulfide) groups is 6. The molecule has 5 rings (SSSR count). The molecule has 0 radical (unpaired) electrons. The van der Waals surface area contributed by atoms with Gasteiger partial charge in [0.05, 0.1) is 28.3 Å². The van der Waals surface area contributed by atoms with Gasteiger partial charge in [-0.15, -0.1) is 23.5 Å². The van der Waals surface area contributed by atoms with Crippen LogP contribution >= 0.6 is 93.8 Å². The van der Waals surface area contributed by atoms with Crippen molar-refractivity contribution in [2.24, 2.45) is 9.98 Å². The number of phenolic OH excluding ortho intramolecular Hbond substituents is 2. The molecule has 0 fully saturated rings. The lowest BCUT2D eigenvalue weighted by Gasteiger charge is -2.05. The molecule has 2 N–H and O–H groups in total. The molecule has 194 valence electrons. The third-order valence-corrected chi connectivity index (χ3v) is 13.9. The van der Waals surface area contributed by atoms with Gasteiger partial charge in [-0.05, 0) is 61.0 Å². The topological polar surface area (TPSA) is 65.2 Å². The zero-order valence-electron chi connectivity index (χ0n) is 19.8. The molecular weight excluding hydrogens is 636 g/mol. The normalized spacial score (nSPS) is 15.5. The number of benzene rings is 3. The molecule has 0 amide bonds. The van der Waals surface area contributed by atoms with E-state index in [0.29, 0.717) is 32.5 Å². The van der Waals surface area contributed by atoms with Crippen molar-refractivity contribution in [2.45, 2.75) is 9.79 Å². The van der Waals surface area contributed by atoms with Crippen LogP contribution in [0.5, 0.6) is 11.5 Å². The minimum atomic E-state index is 0.0853. The van der Waals surface area contributed by atoms with Crippen LogP contribution in [0.4, 0.5) is 11.4 Å². The fourth-order valence-corrected chi connectivity index (χ4v) is 11.5. The van der Waals surface area contributed by atoms with Gasteiger partial charge in [0.25, 0.3) is 0 Å². The van der Waals surface area contributed by atoms with E-state index in [1.165, 1.54) is 29.1 Å². The molecule has 0 aliphatic carbocycles. The summed E-state index contributed by atoms with van der Waals surface area (Å²) in [5.74, 6) is 0.171. The number of aromatic hydroxyl groups is 2. The van der Waals surface area contributed by atoms with E-state index < -0.39 is 0 Å². The summed E-state index contributed by atoms with van der Waals surface area (Å²) < 4.78 is 5.19. The largest absolute Gasteiger partial charge is 0.507 e. The second-order valence-electron chi connectivity index (χ2n) is 7.68. The fourth-order valence-electron chi connectivity index (χ4n) is 3.35. The average Bonchev–Trinajstić information content (AvgIpc) is 3.52. The molecule has 2 aliphatic rings. The van der Waals surface area contributed by atoms with Gasteiger partial charge in [0.15, 0.2) is 0 Å². The first-order valence-corrected chi connectivity index (χ1v) is 17.3. The molecule has 0 saturated carbocycles. The van der Waals surface area contributed by atoms with E-state index in [1.54, 1.807) is 83.7 Å². The number of aliphatic imine (C=N–C) groups is 2. The molecule has 12 heteroatoms. The molecule has 2 heterocycles. The van der Waals surface area contributed by atoms with Crippen molar-refractivity contribution >= 4 is 118 Å². The van der Waals surface area contributed by atoms with Crippen molar-refractivity contribution in [3.63, 3.8) is 0 Å². The quantitative estimate of drug-likeness (QED) is 0.255. The standard InChI is InChI=1S/C26H18Cl2N2O2S6/c1-33-23-24(34-2)38-26(37-23)25-35-21-9-17(29-11-13-7-15(27)3-5-19(13)31)18(10-22(21)36-25)30-12-14-8-16(28)4-6-20(14)32/h3-12,31-32H,1-2H3. The van der Waals surface area contributed by atoms with E-state index in [1.807, 2.05) is 35.7 Å². The third-order valence-electron chi connectivity index (χ3n) is 5.19. The van der Waals surface area contributed by atoms with E-state index >= 15 is 0 Å². The molecule has 0 spiro atoms. The third kappa shape index (κ3) is 6.39. The molecule has 3 aromatic rings. The maximum absolute atomic E-state index is 10.2. The number of hydrogen-bond donors (Lipinski definition) is 2. The van der Waals surface area contributed by atoms with Crippen LogP contribution < -0.4 is 0 Å². The summed E-state index contributed by atoms with van der Waals surface area (Å²) >= 11 is 22.9. The van der Waals surface area contributed by atoms with Crippen molar-refractivity contribution in [1.82, 2.24) is 0 Å². The Morgan fingerprint density at radius 2 is 1.08 bits per heavy atom. The van der Waals surface area contributed by atoms with Crippen LogP contribution in [-0.2, 0) is 0 Å². The van der Waals surface area contributed by atoms with Crippen LogP contribution in [-0.4, -0.2) is 35.2 Å². The highest BCUT2D eigenvalue weighted by atomic mass is 35.5. The molecule has 4 nitrogen and oxygen atoms in total. The van der Waals surface area contributed by atoms with Gasteiger partial charge in [-0.1, -0.05) is 70.2 Å². The zero-order valence-corrected chi connectivity index (χ0v) is 26.2. The van der Waals surface area contributed by atoms with Gasteiger partial charge in [-0.25, -0.2) is 0 Å². The molecular formula is C26H18Cl2N2O2S6. The van der Waals surface area contributed by atoms with Crippen LogP contribution in [0.15, 0.2) is 85.3 Å². The van der Waals surface area contributed by atoms with Gasteiger partial charge in [0, 0.05) is 43.4 Å². The Kier molecular flexibility index (Phi) is 9.32. The number of fused-ring (bicyclic) bond motifs is 1. The van der Waals surface area contributed by atoms with E-state index in [-0.39, 0.29) is 11.5 Å². The van der Waals surface area contributed by atoms with E-state index in [2.05, 4.69) is 22.5 Å². The second kappa shape index (κ2) is 12.5. The highest BCUT2D eigenvalue weighted by molar-refractivity contribution is 8.41. The van der Waals surface area contributed by atoms with Crippen LogP contribution in [0.25, 0.3) is 0 Å². The first-order valence-electron chi connectivity index (χ1n) is 10.9. The van der Waals surface area contributed by atoms with Gasteiger partial charge < -0.3 is 10.2 Å². The molecule has 3 aromatic carbocycles. The average molecular weight is 654 g/mol. The Morgan fingerprint density at radius 1 is 0.658 bits per heavy atom. The fraction of sp³-hybridized carbons (Fsp3) is 0.0769. The zero-order chi connectivity index (χ0) is 26.8. The van der Waals surface area contributed by atoms with Gasteiger partial charge in [-0.3, -0.25) is 9.98 Å². The second-order valence-corrected chi connectivity index (χ2v) is 15.4. The Morgan fingerprint density at radius 3 is 1.50 bits per heavy atom. The summed E-state index contributed by atoms with van der Waals surface area (Å²) in [6.07, 6.45) is 7.38. The van der Waals surface area contributed by atoms with Crippen molar-refractivity contribution in [3.05, 3.63) is 86.7 Å². The van der Waals surface area contributed by atoms with Crippen LogP contribution in [0.1, 0.15) is 11.1 Å². The van der Waals surface area contributed by atoms with Crippen LogP contribution in [0, 0.1) is 0 Å². The lowest BCUT2D eigenvalue weighted by Crippen LogP contribution is -1.84. The summed E-state index contributed by atoms with van der Waals surface area (Å²) in [6.45, 7) is 0. The van der Waals surface area contributed by atoms with Gasteiger partial charge in [-0.2, -0.15) is 0 Å². The minimum Gasteiger partial charge on any atom is -0.507 e. The maximum Gasteiger partial charge on any atom is 0.124 e. The predicted molar refractivity (Wildman–Crippen MR) is 175 cm³/mol. The van der Waals surface area contributed by atoms with Crippen LogP contribution in [0.3, 0.4) is 0 Å². The minimum absolute atomic E-state index is 0.0853.